The fraction of sp³-hybridized carbons (Fsp3) is 0.400. The first-order valence-electron chi connectivity index (χ1n) is 5.30. The van der Waals surface area contributed by atoms with Crippen molar-refractivity contribution in [3.05, 3.63) is 24.0 Å². The van der Waals surface area contributed by atoms with Gasteiger partial charge in [-0.25, -0.2) is 12.8 Å². The highest BCUT2D eigenvalue weighted by Gasteiger charge is 2.48. The van der Waals surface area contributed by atoms with Crippen LogP contribution in [0.2, 0.25) is 0 Å². The summed E-state index contributed by atoms with van der Waals surface area (Å²) in [5, 5.41) is 5.52. The van der Waals surface area contributed by atoms with Crippen LogP contribution in [0.5, 0.6) is 0 Å². The van der Waals surface area contributed by atoms with Crippen molar-refractivity contribution in [2.75, 3.05) is 18.4 Å². The molecule has 0 radical (unpaired) electrons. The zero-order valence-corrected chi connectivity index (χ0v) is 10.3. The molecule has 1 aliphatic rings. The van der Waals surface area contributed by atoms with Gasteiger partial charge in [0.25, 0.3) is 9.84 Å². The summed E-state index contributed by atoms with van der Waals surface area (Å²) in [6.45, 7) is 1.01. The van der Waals surface area contributed by atoms with Gasteiger partial charge in [0.05, 0.1) is 11.7 Å². The van der Waals surface area contributed by atoms with E-state index in [1.165, 1.54) is 0 Å². The molecule has 0 bridgehead atoms. The largest absolute Gasteiger partial charge is 0.501 e. The second-order valence-corrected chi connectivity index (χ2v) is 6.00. The first kappa shape index (κ1) is 14.1. The topological polar surface area (TPSA) is 58.2 Å². The second kappa shape index (κ2) is 4.64. The van der Waals surface area contributed by atoms with Crippen LogP contribution in [-0.4, -0.2) is 33.1 Å². The summed E-state index contributed by atoms with van der Waals surface area (Å²) in [6, 6.07) is 2.10. The van der Waals surface area contributed by atoms with Crippen LogP contribution in [0.3, 0.4) is 0 Å². The van der Waals surface area contributed by atoms with E-state index in [9.17, 15) is 26.0 Å². The number of hydrogen-bond acceptors (Lipinski definition) is 4. The molecule has 0 aromatic heterocycles. The number of nitrogens with one attached hydrogen (secondary N) is 2. The number of hydrogen-bond donors (Lipinski definition) is 2. The van der Waals surface area contributed by atoms with E-state index in [-0.39, 0.29) is 11.7 Å². The van der Waals surface area contributed by atoms with Gasteiger partial charge in [-0.2, -0.15) is 13.2 Å². The summed E-state index contributed by atoms with van der Waals surface area (Å²) in [7, 11) is -5.58. The maximum absolute atomic E-state index is 13.0. The van der Waals surface area contributed by atoms with Crippen LogP contribution in [0.15, 0.2) is 23.1 Å². The maximum Gasteiger partial charge on any atom is 0.501 e. The highest BCUT2D eigenvalue weighted by Crippen LogP contribution is 2.35. The summed E-state index contributed by atoms with van der Waals surface area (Å²) < 4.78 is 73.3. The number of halogens is 4. The van der Waals surface area contributed by atoms with Gasteiger partial charge in [-0.3, -0.25) is 0 Å². The molecule has 1 heterocycles. The first-order valence-corrected chi connectivity index (χ1v) is 6.78. The Morgan fingerprint density at radius 3 is 2.37 bits per heavy atom. The molecule has 1 saturated heterocycles. The van der Waals surface area contributed by atoms with Gasteiger partial charge in [-0.15, -0.1) is 0 Å². The third kappa shape index (κ3) is 2.66. The Morgan fingerprint density at radius 1 is 1.26 bits per heavy atom. The zero-order chi connectivity index (χ0) is 14.3. The summed E-state index contributed by atoms with van der Waals surface area (Å²) in [4.78, 5) is -1.09. The molecule has 9 heteroatoms. The average molecular weight is 298 g/mol. The second-order valence-electron chi connectivity index (χ2n) is 4.09. The fourth-order valence-corrected chi connectivity index (χ4v) is 2.51. The van der Waals surface area contributed by atoms with E-state index in [1.807, 2.05) is 0 Å². The van der Waals surface area contributed by atoms with E-state index < -0.39 is 26.1 Å². The van der Waals surface area contributed by atoms with Crippen molar-refractivity contribution in [2.24, 2.45) is 0 Å². The van der Waals surface area contributed by atoms with Gasteiger partial charge in [0.2, 0.25) is 0 Å². The standard InChI is InChI=1S/C10H10F4N2O2S/c11-6-1-2-8(16-7-4-15-5-7)9(3-6)19(17,18)10(12,13)14/h1-3,7,15-16H,4-5H2. The van der Waals surface area contributed by atoms with E-state index in [4.69, 9.17) is 0 Å². The Hall–Kier alpha value is -1.35. The molecule has 1 aromatic carbocycles. The van der Waals surface area contributed by atoms with Gasteiger partial charge in [0.15, 0.2) is 0 Å². The lowest BCUT2D eigenvalue weighted by Crippen LogP contribution is -2.51. The summed E-state index contributed by atoms with van der Waals surface area (Å²) in [6.07, 6.45) is 0. The van der Waals surface area contributed by atoms with Crippen molar-refractivity contribution in [3.63, 3.8) is 0 Å². The number of benzene rings is 1. The Bertz CT molecular complexity index is 582. The van der Waals surface area contributed by atoms with Crippen LogP contribution in [-0.2, 0) is 9.84 Å². The van der Waals surface area contributed by atoms with Crippen LogP contribution in [0.1, 0.15) is 0 Å². The normalized spacial score (nSPS) is 17.1. The highest BCUT2D eigenvalue weighted by atomic mass is 32.2. The molecular weight excluding hydrogens is 288 g/mol. The third-order valence-corrected chi connectivity index (χ3v) is 4.21. The van der Waals surface area contributed by atoms with E-state index in [0.717, 1.165) is 12.1 Å². The Labute approximate surface area is 106 Å². The molecule has 1 aromatic rings. The number of sulfone groups is 1. The average Bonchev–Trinajstić information content (AvgIpc) is 2.23. The number of alkyl halides is 3. The van der Waals surface area contributed by atoms with E-state index in [2.05, 4.69) is 10.6 Å². The Kier molecular flexibility index (Phi) is 3.43. The molecule has 0 atom stereocenters. The summed E-state index contributed by atoms with van der Waals surface area (Å²) in [5.74, 6) is -1.04. The van der Waals surface area contributed by atoms with Crippen molar-refractivity contribution in [1.82, 2.24) is 5.32 Å². The molecule has 1 aliphatic heterocycles. The fourth-order valence-electron chi connectivity index (χ4n) is 1.57. The highest BCUT2D eigenvalue weighted by molar-refractivity contribution is 7.92. The Balaban J connectivity index is 2.45. The zero-order valence-electron chi connectivity index (χ0n) is 9.46. The lowest BCUT2D eigenvalue weighted by Gasteiger charge is -2.29. The monoisotopic (exact) mass is 298 g/mol. The van der Waals surface area contributed by atoms with E-state index >= 15 is 0 Å². The third-order valence-electron chi connectivity index (χ3n) is 2.68. The molecule has 2 N–H and O–H groups in total. The molecular formula is C10H10F4N2O2S. The summed E-state index contributed by atoms with van der Waals surface area (Å²) in [5.41, 5.74) is -5.71. The molecule has 0 spiro atoms. The first-order chi connectivity index (χ1) is 8.72. The Morgan fingerprint density at radius 2 is 1.89 bits per heavy atom. The van der Waals surface area contributed by atoms with Crippen LogP contribution in [0.4, 0.5) is 23.2 Å². The molecule has 0 aliphatic carbocycles. The number of anilines is 1. The molecule has 19 heavy (non-hydrogen) atoms. The SMILES string of the molecule is O=S(=O)(c1cc(F)ccc1NC1CNC1)C(F)(F)F. The van der Waals surface area contributed by atoms with Crippen molar-refractivity contribution in [1.29, 1.82) is 0 Å². The van der Waals surface area contributed by atoms with Crippen molar-refractivity contribution >= 4 is 15.5 Å². The molecule has 2 rings (SSSR count). The minimum atomic E-state index is -5.58. The van der Waals surface area contributed by atoms with Gasteiger partial charge in [0, 0.05) is 13.1 Å². The van der Waals surface area contributed by atoms with Crippen LogP contribution < -0.4 is 10.6 Å². The molecule has 4 nitrogen and oxygen atoms in total. The molecule has 1 fully saturated rings. The molecule has 0 amide bonds. The van der Waals surface area contributed by atoms with Gasteiger partial charge >= 0.3 is 5.51 Å². The quantitative estimate of drug-likeness (QED) is 0.830. The maximum atomic E-state index is 13.0. The van der Waals surface area contributed by atoms with E-state index in [0.29, 0.717) is 19.2 Å². The lowest BCUT2D eigenvalue weighted by molar-refractivity contribution is -0.0435. The molecule has 0 unspecified atom stereocenters. The van der Waals surface area contributed by atoms with Gasteiger partial charge in [-0.1, -0.05) is 0 Å². The van der Waals surface area contributed by atoms with Gasteiger partial charge in [-0.05, 0) is 18.2 Å². The predicted octanol–water partition coefficient (Wildman–Crippen LogP) is 1.50. The van der Waals surface area contributed by atoms with Crippen LogP contribution in [0.25, 0.3) is 0 Å². The summed E-state index contributed by atoms with van der Waals surface area (Å²) >= 11 is 0. The van der Waals surface area contributed by atoms with E-state index in [1.54, 1.807) is 0 Å². The van der Waals surface area contributed by atoms with Gasteiger partial charge in [0.1, 0.15) is 10.7 Å². The minimum Gasteiger partial charge on any atom is -0.379 e. The van der Waals surface area contributed by atoms with Gasteiger partial charge < -0.3 is 10.6 Å². The van der Waals surface area contributed by atoms with Crippen molar-refractivity contribution in [3.8, 4) is 0 Å². The molecule has 106 valence electrons. The number of rotatable bonds is 3. The smallest absolute Gasteiger partial charge is 0.379 e. The minimum absolute atomic E-state index is 0.173. The van der Waals surface area contributed by atoms with Crippen LogP contribution in [0, 0.1) is 5.82 Å². The van der Waals surface area contributed by atoms with Crippen molar-refractivity contribution in [2.45, 2.75) is 16.4 Å². The lowest BCUT2D eigenvalue weighted by atomic mass is 10.1. The molecule has 0 saturated carbocycles. The predicted molar refractivity (Wildman–Crippen MR) is 59.9 cm³/mol. The van der Waals surface area contributed by atoms with Crippen LogP contribution >= 0.6 is 0 Å². The van der Waals surface area contributed by atoms with Crippen molar-refractivity contribution < 1.29 is 26.0 Å².